The predicted molar refractivity (Wildman–Crippen MR) is 90.4 cm³/mol. The molecule has 0 radical (unpaired) electrons. The standard InChI is InChI=1S/C17H20IN/c1-11-7-12(2)9-14(8-11)10-16(19)15-6-4-5-13(3)17(15)18/h4-9,16H,10,19H2,1-3H3. The third-order valence-corrected chi connectivity index (χ3v) is 4.83. The molecular weight excluding hydrogens is 345 g/mol. The normalized spacial score (nSPS) is 12.5. The second-order valence-corrected chi connectivity index (χ2v) is 6.36. The molecular formula is C17H20IN. The molecule has 0 aliphatic carbocycles. The van der Waals surface area contributed by atoms with Crippen molar-refractivity contribution in [3.63, 3.8) is 0 Å². The van der Waals surface area contributed by atoms with Crippen LogP contribution in [-0.4, -0.2) is 0 Å². The van der Waals surface area contributed by atoms with E-state index in [2.05, 4.69) is 79.8 Å². The van der Waals surface area contributed by atoms with E-state index in [0.717, 1.165) is 6.42 Å². The van der Waals surface area contributed by atoms with E-state index in [0.29, 0.717) is 0 Å². The Morgan fingerprint density at radius 2 is 1.68 bits per heavy atom. The largest absolute Gasteiger partial charge is 0.324 e. The molecule has 0 saturated heterocycles. The smallest absolute Gasteiger partial charge is 0.0346 e. The molecule has 0 bridgehead atoms. The van der Waals surface area contributed by atoms with Gasteiger partial charge in [0, 0.05) is 9.61 Å². The molecule has 0 fully saturated rings. The molecule has 2 heteroatoms. The first kappa shape index (κ1) is 14.5. The van der Waals surface area contributed by atoms with Gasteiger partial charge in [-0.25, -0.2) is 0 Å². The quantitative estimate of drug-likeness (QED) is 0.799. The number of rotatable bonds is 3. The van der Waals surface area contributed by atoms with E-state index in [1.807, 2.05) is 0 Å². The fourth-order valence-corrected chi connectivity index (χ4v) is 3.27. The highest BCUT2D eigenvalue weighted by Crippen LogP contribution is 2.24. The van der Waals surface area contributed by atoms with Crippen LogP contribution in [0.3, 0.4) is 0 Å². The minimum atomic E-state index is 0.0630. The van der Waals surface area contributed by atoms with Gasteiger partial charge < -0.3 is 5.73 Å². The van der Waals surface area contributed by atoms with Gasteiger partial charge in [0.2, 0.25) is 0 Å². The van der Waals surface area contributed by atoms with E-state index in [9.17, 15) is 0 Å². The van der Waals surface area contributed by atoms with Crippen molar-refractivity contribution in [2.24, 2.45) is 5.73 Å². The summed E-state index contributed by atoms with van der Waals surface area (Å²) in [6.45, 7) is 6.41. The number of halogens is 1. The Hall–Kier alpha value is -0.870. The van der Waals surface area contributed by atoms with Gasteiger partial charge in [-0.1, -0.05) is 47.5 Å². The zero-order valence-electron chi connectivity index (χ0n) is 11.7. The maximum Gasteiger partial charge on any atom is 0.0346 e. The summed E-state index contributed by atoms with van der Waals surface area (Å²) >= 11 is 2.40. The maximum absolute atomic E-state index is 6.39. The Labute approximate surface area is 129 Å². The second kappa shape index (κ2) is 6.06. The summed E-state index contributed by atoms with van der Waals surface area (Å²) in [5.41, 5.74) is 12.9. The van der Waals surface area contributed by atoms with Crippen molar-refractivity contribution in [1.29, 1.82) is 0 Å². The van der Waals surface area contributed by atoms with Gasteiger partial charge in [-0.15, -0.1) is 0 Å². The lowest BCUT2D eigenvalue weighted by molar-refractivity contribution is 0.716. The lowest BCUT2D eigenvalue weighted by Crippen LogP contribution is -2.15. The van der Waals surface area contributed by atoms with Crippen molar-refractivity contribution in [3.8, 4) is 0 Å². The van der Waals surface area contributed by atoms with E-state index >= 15 is 0 Å². The second-order valence-electron chi connectivity index (χ2n) is 5.28. The van der Waals surface area contributed by atoms with E-state index in [4.69, 9.17) is 5.73 Å². The van der Waals surface area contributed by atoms with Gasteiger partial charge in [0.1, 0.15) is 0 Å². The van der Waals surface area contributed by atoms with Crippen molar-refractivity contribution >= 4 is 22.6 Å². The molecule has 0 aromatic heterocycles. The van der Waals surface area contributed by atoms with Crippen LogP contribution >= 0.6 is 22.6 Å². The van der Waals surface area contributed by atoms with E-state index in [1.54, 1.807) is 0 Å². The van der Waals surface area contributed by atoms with Crippen LogP contribution in [0.2, 0.25) is 0 Å². The molecule has 0 aliphatic rings. The summed E-state index contributed by atoms with van der Waals surface area (Å²) < 4.78 is 1.29. The molecule has 1 atom stereocenters. The highest BCUT2D eigenvalue weighted by Gasteiger charge is 2.12. The maximum atomic E-state index is 6.39. The summed E-state index contributed by atoms with van der Waals surface area (Å²) in [5, 5.41) is 0. The van der Waals surface area contributed by atoms with Crippen LogP contribution in [0, 0.1) is 24.3 Å². The van der Waals surface area contributed by atoms with Crippen molar-refractivity contribution in [2.45, 2.75) is 33.2 Å². The van der Waals surface area contributed by atoms with Gasteiger partial charge in [0.15, 0.2) is 0 Å². The highest BCUT2D eigenvalue weighted by molar-refractivity contribution is 14.1. The summed E-state index contributed by atoms with van der Waals surface area (Å²) in [5.74, 6) is 0. The first-order chi connectivity index (χ1) is 8.97. The number of nitrogens with two attached hydrogens (primary N) is 1. The first-order valence-electron chi connectivity index (χ1n) is 6.55. The van der Waals surface area contributed by atoms with Crippen molar-refractivity contribution < 1.29 is 0 Å². The van der Waals surface area contributed by atoms with Crippen LogP contribution in [0.1, 0.15) is 33.9 Å². The van der Waals surface area contributed by atoms with Crippen molar-refractivity contribution in [2.75, 3.05) is 0 Å². The molecule has 0 amide bonds. The Kier molecular flexibility index (Phi) is 4.63. The number of aryl methyl sites for hydroxylation is 3. The Balaban J connectivity index is 2.25. The van der Waals surface area contributed by atoms with Crippen LogP contribution in [0.5, 0.6) is 0 Å². The average Bonchev–Trinajstić information content (AvgIpc) is 2.31. The van der Waals surface area contributed by atoms with Gasteiger partial charge >= 0.3 is 0 Å². The topological polar surface area (TPSA) is 26.0 Å². The number of hydrogen-bond donors (Lipinski definition) is 1. The van der Waals surface area contributed by atoms with Crippen LogP contribution in [0.4, 0.5) is 0 Å². The van der Waals surface area contributed by atoms with Crippen molar-refractivity contribution in [3.05, 3.63) is 67.8 Å². The Morgan fingerprint density at radius 3 is 2.32 bits per heavy atom. The summed E-state index contributed by atoms with van der Waals surface area (Å²) in [4.78, 5) is 0. The predicted octanol–water partition coefficient (Wildman–Crippen LogP) is 4.46. The van der Waals surface area contributed by atoms with E-state index < -0.39 is 0 Å². The lowest BCUT2D eigenvalue weighted by atomic mass is 9.96. The molecule has 1 unspecified atom stereocenters. The molecule has 1 nitrogen and oxygen atoms in total. The molecule has 0 heterocycles. The molecule has 0 spiro atoms. The minimum Gasteiger partial charge on any atom is -0.324 e. The molecule has 2 N–H and O–H groups in total. The zero-order valence-corrected chi connectivity index (χ0v) is 13.9. The summed E-state index contributed by atoms with van der Waals surface area (Å²) in [6.07, 6.45) is 0.891. The fourth-order valence-electron chi connectivity index (χ4n) is 2.51. The SMILES string of the molecule is Cc1cc(C)cc(CC(N)c2cccc(C)c2I)c1. The zero-order chi connectivity index (χ0) is 14.0. The number of benzene rings is 2. The van der Waals surface area contributed by atoms with Crippen LogP contribution < -0.4 is 5.73 Å². The minimum absolute atomic E-state index is 0.0630. The van der Waals surface area contributed by atoms with Crippen molar-refractivity contribution in [1.82, 2.24) is 0 Å². The summed E-state index contributed by atoms with van der Waals surface area (Å²) in [7, 11) is 0. The van der Waals surface area contributed by atoms with Gasteiger partial charge in [0.05, 0.1) is 0 Å². The molecule has 2 aromatic rings. The van der Waals surface area contributed by atoms with Gasteiger partial charge in [-0.05, 0) is 66.5 Å². The fraction of sp³-hybridized carbons (Fsp3) is 0.294. The Bertz CT molecular complexity index is 570. The number of hydrogen-bond acceptors (Lipinski definition) is 1. The summed E-state index contributed by atoms with van der Waals surface area (Å²) in [6, 6.07) is 13.1. The monoisotopic (exact) mass is 365 g/mol. The Morgan fingerprint density at radius 1 is 1.05 bits per heavy atom. The van der Waals surface area contributed by atoms with Crippen LogP contribution in [0.15, 0.2) is 36.4 Å². The average molecular weight is 365 g/mol. The lowest BCUT2D eigenvalue weighted by Gasteiger charge is -2.16. The molecule has 0 aliphatic heterocycles. The third-order valence-electron chi connectivity index (χ3n) is 3.36. The van der Waals surface area contributed by atoms with E-state index in [-0.39, 0.29) is 6.04 Å². The molecule has 19 heavy (non-hydrogen) atoms. The third kappa shape index (κ3) is 3.57. The highest BCUT2D eigenvalue weighted by atomic mass is 127. The molecule has 2 rings (SSSR count). The van der Waals surface area contributed by atoms with Gasteiger partial charge in [-0.2, -0.15) is 0 Å². The van der Waals surface area contributed by atoms with Gasteiger partial charge in [0.25, 0.3) is 0 Å². The first-order valence-corrected chi connectivity index (χ1v) is 7.63. The molecule has 0 saturated carbocycles. The molecule has 2 aromatic carbocycles. The molecule has 100 valence electrons. The van der Waals surface area contributed by atoms with Crippen LogP contribution in [-0.2, 0) is 6.42 Å². The van der Waals surface area contributed by atoms with Crippen LogP contribution in [0.25, 0.3) is 0 Å². The van der Waals surface area contributed by atoms with Gasteiger partial charge in [-0.3, -0.25) is 0 Å². The van der Waals surface area contributed by atoms with E-state index in [1.165, 1.54) is 31.4 Å².